The first-order chi connectivity index (χ1) is 24.3. The Morgan fingerprint density at radius 2 is 0.980 bits per heavy atom. The minimum atomic E-state index is -0.0601. The molecule has 2 aliphatic carbocycles. The lowest BCUT2D eigenvalue weighted by atomic mass is 9.82. The number of aromatic nitrogens is 1. The third-order valence-corrected chi connectivity index (χ3v) is 11.3. The lowest BCUT2D eigenvalue weighted by Crippen LogP contribution is -2.16. The van der Waals surface area contributed by atoms with Gasteiger partial charge in [-0.3, -0.25) is 0 Å². The highest BCUT2D eigenvalue weighted by Crippen LogP contribution is 2.53. The van der Waals surface area contributed by atoms with E-state index in [9.17, 15) is 0 Å². The summed E-state index contributed by atoms with van der Waals surface area (Å²) in [6.45, 7) is 9.35. The molecule has 0 amide bonds. The van der Waals surface area contributed by atoms with E-state index < -0.39 is 0 Å². The second kappa shape index (κ2) is 10.3. The summed E-state index contributed by atoms with van der Waals surface area (Å²) in [5.74, 6) is 0.634. The first kappa shape index (κ1) is 29.0. The van der Waals surface area contributed by atoms with Crippen molar-refractivity contribution in [2.24, 2.45) is 0 Å². The molecule has 1 aromatic heterocycles. The summed E-state index contributed by atoms with van der Waals surface area (Å²) < 4.78 is 6.53. The van der Waals surface area contributed by atoms with E-state index in [4.69, 9.17) is 9.40 Å². The number of hydrogen-bond donors (Lipinski definition) is 0. The Morgan fingerprint density at radius 3 is 1.60 bits per heavy atom. The van der Waals surface area contributed by atoms with Crippen molar-refractivity contribution in [2.75, 3.05) is 4.90 Å². The third-order valence-electron chi connectivity index (χ3n) is 11.3. The van der Waals surface area contributed by atoms with Gasteiger partial charge in [0.2, 0.25) is 5.89 Å². The number of fused-ring (bicyclic) bond motifs is 9. The van der Waals surface area contributed by atoms with E-state index in [1.807, 2.05) is 30.3 Å². The van der Waals surface area contributed by atoms with E-state index in [1.54, 1.807) is 0 Å². The molecule has 0 bridgehead atoms. The Kier molecular flexibility index (Phi) is 5.97. The van der Waals surface area contributed by atoms with Crippen LogP contribution in [0.2, 0.25) is 0 Å². The van der Waals surface area contributed by atoms with Crippen molar-refractivity contribution in [1.29, 1.82) is 0 Å². The Bertz CT molecular complexity index is 2550. The Balaban J connectivity index is 1.20. The van der Waals surface area contributed by atoms with Gasteiger partial charge in [-0.15, -0.1) is 0 Å². The van der Waals surface area contributed by atoms with Gasteiger partial charge in [-0.25, -0.2) is 4.98 Å². The van der Waals surface area contributed by atoms with Crippen LogP contribution in [0.4, 0.5) is 17.1 Å². The topological polar surface area (TPSA) is 29.3 Å². The summed E-state index contributed by atoms with van der Waals surface area (Å²) in [4.78, 5) is 7.30. The van der Waals surface area contributed by atoms with Crippen LogP contribution >= 0.6 is 0 Å². The molecule has 10 rings (SSSR count). The van der Waals surface area contributed by atoms with Crippen molar-refractivity contribution in [2.45, 2.75) is 38.5 Å². The number of benzene rings is 7. The predicted octanol–water partition coefficient (Wildman–Crippen LogP) is 12.7. The average molecular weight is 645 g/mol. The molecule has 1 heterocycles. The highest BCUT2D eigenvalue weighted by Gasteiger charge is 2.37. The van der Waals surface area contributed by atoms with Gasteiger partial charge < -0.3 is 9.32 Å². The molecule has 0 saturated carbocycles. The lowest BCUT2D eigenvalue weighted by Gasteiger charge is -2.28. The highest BCUT2D eigenvalue weighted by molar-refractivity contribution is 6.05. The molecule has 0 saturated heterocycles. The number of nitrogens with zero attached hydrogens (tertiary/aromatic N) is 2. The van der Waals surface area contributed by atoms with Crippen LogP contribution in [0, 0.1) is 0 Å². The van der Waals surface area contributed by atoms with Gasteiger partial charge in [-0.1, -0.05) is 119 Å². The van der Waals surface area contributed by atoms with Gasteiger partial charge in [-0.05, 0) is 104 Å². The maximum absolute atomic E-state index is 6.53. The van der Waals surface area contributed by atoms with Gasteiger partial charge in [0.25, 0.3) is 0 Å². The van der Waals surface area contributed by atoms with E-state index in [-0.39, 0.29) is 10.8 Å². The van der Waals surface area contributed by atoms with Crippen LogP contribution in [0.5, 0.6) is 0 Å². The fourth-order valence-corrected chi connectivity index (χ4v) is 8.68. The molecule has 3 heteroatoms. The second-order valence-electron chi connectivity index (χ2n) is 14.8. The number of hydrogen-bond acceptors (Lipinski definition) is 3. The smallest absolute Gasteiger partial charge is 0.227 e. The third kappa shape index (κ3) is 4.07. The quantitative estimate of drug-likeness (QED) is 0.191. The highest BCUT2D eigenvalue weighted by atomic mass is 16.3. The van der Waals surface area contributed by atoms with E-state index in [1.165, 1.54) is 44.5 Å². The molecule has 0 aliphatic heterocycles. The zero-order chi connectivity index (χ0) is 33.8. The number of rotatable bonds is 4. The van der Waals surface area contributed by atoms with Crippen molar-refractivity contribution in [3.63, 3.8) is 0 Å². The molecule has 3 nitrogen and oxygen atoms in total. The van der Waals surface area contributed by atoms with Crippen LogP contribution in [0.1, 0.15) is 49.9 Å². The minimum absolute atomic E-state index is 0.0601. The van der Waals surface area contributed by atoms with Gasteiger partial charge >= 0.3 is 0 Å². The van der Waals surface area contributed by atoms with Gasteiger partial charge in [0.1, 0.15) is 5.52 Å². The Morgan fingerprint density at radius 1 is 0.480 bits per heavy atom. The minimum Gasteiger partial charge on any atom is -0.435 e. The molecule has 0 fully saturated rings. The fourth-order valence-electron chi connectivity index (χ4n) is 8.68. The molecule has 50 heavy (non-hydrogen) atoms. The van der Waals surface area contributed by atoms with Crippen molar-refractivity contribution in [3.8, 4) is 33.7 Å². The first-order valence-corrected chi connectivity index (χ1v) is 17.5. The van der Waals surface area contributed by atoms with E-state index in [2.05, 4.69) is 148 Å². The van der Waals surface area contributed by atoms with Crippen LogP contribution in [0.25, 0.3) is 55.6 Å². The summed E-state index contributed by atoms with van der Waals surface area (Å²) in [5.41, 5.74) is 16.5. The Hall–Kier alpha value is -5.93. The molecule has 0 N–H and O–H groups in total. The van der Waals surface area contributed by atoms with E-state index >= 15 is 0 Å². The monoisotopic (exact) mass is 644 g/mol. The zero-order valence-corrected chi connectivity index (χ0v) is 28.7. The molecular weight excluding hydrogens is 609 g/mol. The van der Waals surface area contributed by atoms with Crippen molar-refractivity contribution >= 4 is 38.9 Å². The van der Waals surface area contributed by atoms with Crippen molar-refractivity contribution in [1.82, 2.24) is 4.98 Å². The largest absolute Gasteiger partial charge is 0.435 e. The molecule has 2 aliphatic rings. The molecule has 0 spiro atoms. The molecule has 0 radical (unpaired) electrons. The second-order valence-corrected chi connectivity index (χ2v) is 14.8. The number of oxazole rings is 1. The maximum Gasteiger partial charge on any atom is 0.227 e. The Labute approximate surface area is 292 Å². The molecule has 7 aromatic carbocycles. The zero-order valence-electron chi connectivity index (χ0n) is 28.7. The molecule has 240 valence electrons. The average Bonchev–Trinajstić information content (AvgIpc) is 3.76. The molecule has 8 aromatic rings. The summed E-state index contributed by atoms with van der Waals surface area (Å²) in [5, 5.41) is 2.16. The summed E-state index contributed by atoms with van der Waals surface area (Å²) >= 11 is 0. The van der Waals surface area contributed by atoms with Crippen LogP contribution in [-0.2, 0) is 10.8 Å². The standard InChI is InChI=1S/C47H36N2O/c1-46(2)39-16-10-8-14-34(39)37-27-32(21-23-41(37)46)49(33-22-24-42-38(28-33)35-15-9-11-17-40(35)47(42,3)4)31-20-18-29-19-25-43-44(36(29)26-31)50-45(48-43)30-12-6-5-7-13-30/h5-28H,1-4H3. The van der Waals surface area contributed by atoms with Crippen LogP contribution < -0.4 is 4.90 Å². The van der Waals surface area contributed by atoms with Crippen LogP contribution in [0.15, 0.2) is 150 Å². The van der Waals surface area contributed by atoms with Gasteiger partial charge in [0.15, 0.2) is 5.58 Å². The normalized spacial score (nSPS) is 14.7. The maximum atomic E-state index is 6.53. The molecule has 0 unspecified atom stereocenters. The van der Waals surface area contributed by atoms with Crippen molar-refractivity contribution < 1.29 is 4.42 Å². The van der Waals surface area contributed by atoms with E-state index in [0.717, 1.165) is 44.5 Å². The SMILES string of the molecule is CC1(C)c2ccccc2-c2cc(N(c3ccc4c(c3)-c3ccccc3C4(C)C)c3ccc4ccc5nc(-c6ccccc6)oc5c4c3)ccc21. The first-order valence-electron chi connectivity index (χ1n) is 17.5. The van der Waals surface area contributed by atoms with Crippen LogP contribution in [-0.4, -0.2) is 4.98 Å². The van der Waals surface area contributed by atoms with E-state index in [0.29, 0.717) is 5.89 Å². The van der Waals surface area contributed by atoms with Crippen LogP contribution in [0.3, 0.4) is 0 Å². The van der Waals surface area contributed by atoms with Crippen molar-refractivity contribution in [3.05, 3.63) is 168 Å². The van der Waals surface area contributed by atoms with Gasteiger partial charge in [0, 0.05) is 38.8 Å². The number of anilines is 3. The molecular formula is C47H36N2O. The summed E-state index contributed by atoms with van der Waals surface area (Å²) in [7, 11) is 0. The molecule has 0 atom stereocenters. The van der Waals surface area contributed by atoms with Gasteiger partial charge in [-0.2, -0.15) is 0 Å². The fraction of sp³-hybridized carbons (Fsp3) is 0.128. The predicted molar refractivity (Wildman–Crippen MR) is 207 cm³/mol. The summed E-state index contributed by atoms with van der Waals surface area (Å²) in [6, 6.07) is 52.8. The summed E-state index contributed by atoms with van der Waals surface area (Å²) in [6.07, 6.45) is 0. The van der Waals surface area contributed by atoms with Gasteiger partial charge in [0.05, 0.1) is 0 Å². The lowest BCUT2D eigenvalue weighted by molar-refractivity contribution is 0.623.